The Kier molecular flexibility index (Phi) is 6.11. The van der Waals surface area contributed by atoms with Crippen LogP contribution in [0.3, 0.4) is 0 Å². The van der Waals surface area contributed by atoms with Crippen molar-refractivity contribution in [3.05, 3.63) is 12.7 Å². The van der Waals surface area contributed by atoms with E-state index in [9.17, 15) is 9.90 Å². The molecule has 0 aliphatic heterocycles. The van der Waals surface area contributed by atoms with E-state index in [1.165, 1.54) is 0 Å². The number of nitrogens with one attached hydrogen (secondary N) is 2. The number of amides is 2. The summed E-state index contributed by atoms with van der Waals surface area (Å²) >= 11 is 0. The molecule has 2 atom stereocenters. The first-order valence-electron chi connectivity index (χ1n) is 5.62. The molecule has 2 amide bonds. The van der Waals surface area contributed by atoms with Crippen molar-refractivity contribution in [1.29, 1.82) is 0 Å². The molecule has 16 heavy (non-hydrogen) atoms. The highest BCUT2D eigenvalue weighted by molar-refractivity contribution is 5.74. The lowest BCUT2D eigenvalue weighted by atomic mass is 9.87. The zero-order chi connectivity index (χ0) is 12.8. The van der Waals surface area contributed by atoms with E-state index >= 15 is 0 Å². The molecule has 0 aromatic rings. The normalized spacial score (nSPS) is 15.1. The number of aliphatic hydroxyl groups excluding tert-OH is 1. The minimum absolute atomic E-state index is 0.0418. The lowest BCUT2D eigenvalue weighted by molar-refractivity contribution is 0.128. The summed E-state index contributed by atoms with van der Waals surface area (Å²) in [4.78, 5) is 11.4. The molecule has 4 nitrogen and oxygen atoms in total. The zero-order valence-electron chi connectivity index (χ0n) is 10.7. The summed E-state index contributed by atoms with van der Waals surface area (Å²) in [5.74, 6) is 0. The van der Waals surface area contributed by atoms with Gasteiger partial charge in [0.2, 0.25) is 0 Å². The Balaban J connectivity index is 3.94. The second-order valence-corrected chi connectivity index (χ2v) is 5.07. The molecule has 4 heteroatoms. The third-order valence-corrected chi connectivity index (χ3v) is 2.29. The summed E-state index contributed by atoms with van der Waals surface area (Å²) in [5, 5.41) is 14.8. The number of rotatable bonds is 6. The van der Waals surface area contributed by atoms with E-state index in [1.807, 2.05) is 20.8 Å². The molecule has 0 spiro atoms. The van der Waals surface area contributed by atoms with Gasteiger partial charge in [0.15, 0.2) is 0 Å². The zero-order valence-corrected chi connectivity index (χ0v) is 10.7. The topological polar surface area (TPSA) is 61.4 Å². The van der Waals surface area contributed by atoms with E-state index in [0.717, 1.165) is 0 Å². The Morgan fingerprint density at radius 2 is 2.06 bits per heavy atom. The van der Waals surface area contributed by atoms with E-state index in [-0.39, 0.29) is 23.6 Å². The molecule has 0 radical (unpaired) electrons. The molecule has 0 rings (SSSR count). The van der Waals surface area contributed by atoms with Gasteiger partial charge in [0, 0.05) is 12.6 Å². The van der Waals surface area contributed by atoms with Crippen molar-refractivity contribution in [2.45, 2.75) is 46.3 Å². The summed E-state index contributed by atoms with van der Waals surface area (Å²) in [6, 6.07) is -0.244. The van der Waals surface area contributed by atoms with Gasteiger partial charge in [-0.15, -0.1) is 6.58 Å². The number of hydrogen-bond acceptors (Lipinski definition) is 2. The second kappa shape index (κ2) is 6.53. The molecular formula is C12H24N2O2. The summed E-state index contributed by atoms with van der Waals surface area (Å²) in [6.07, 6.45) is 1.97. The predicted molar refractivity (Wildman–Crippen MR) is 66.3 cm³/mol. The van der Waals surface area contributed by atoms with Gasteiger partial charge in [-0.25, -0.2) is 4.79 Å². The van der Waals surface area contributed by atoms with Gasteiger partial charge < -0.3 is 15.7 Å². The molecule has 0 aromatic carbocycles. The highest BCUT2D eigenvalue weighted by Gasteiger charge is 2.21. The van der Waals surface area contributed by atoms with Crippen molar-refractivity contribution in [1.82, 2.24) is 10.6 Å². The van der Waals surface area contributed by atoms with Gasteiger partial charge in [-0.2, -0.15) is 0 Å². The van der Waals surface area contributed by atoms with Crippen LogP contribution in [-0.4, -0.2) is 29.8 Å². The number of urea groups is 1. The van der Waals surface area contributed by atoms with Gasteiger partial charge in [0.05, 0.1) is 6.10 Å². The average molecular weight is 228 g/mol. The first-order valence-corrected chi connectivity index (χ1v) is 5.62. The minimum Gasteiger partial charge on any atom is -0.393 e. The molecule has 0 saturated carbocycles. The Bertz CT molecular complexity index is 237. The Morgan fingerprint density at radius 3 is 2.50 bits per heavy atom. The highest BCUT2D eigenvalue weighted by Crippen LogP contribution is 2.20. The van der Waals surface area contributed by atoms with E-state index < -0.39 is 0 Å². The molecule has 0 saturated heterocycles. The van der Waals surface area contributed by atoms with Gasteiger partial charge in [-0.1, -0.05) is 19.9 Å². The first-order chi connectivity index (χ1) is 7.26. The third-order valence-electron chi connectivity index (χ3n) is 2.29. The Labute approximate surface area is 98.1 Å². The molecule has 0 heterocycles. The van der Waals surface area contributed by atoms with E-state index in [0.29, 0.717) is 13.0 Å². The van der Waals surface area contributed by atoms with Crippen LogP contribution in [-0.2, 0) is 0 Å². The first kappa shape index (κ1) is 15.0. The van der Waals surface area contributed by atoms with Crippen molar-refractivity contribution < 1.29 is 9.90 Å². The van der Waals surface area contributed by atoms with Crippen molar-refractivity contribution in [3.8, 4) is 0 Å². The van der Waals surface area contributed by atoms with Crippen LogP contribution in [0.2, 0.25) is 0 Å². The number of carbonyl (C=O) groups excluding carboxylic acids is 1. The number of hydrogen-bond donors (Lipinski definition) is 3. The second-order valence-electron chi connectivity index (χ2n) is 5.07. The number of carbonyl (C=O) groups is 1. The van der Waals surface area contributed by atoms with Crippen LogP contribution in [0.25, 0.3) is 0 Å². The third kappa shape index (κ3) is 7.29. The molecule has 0 fully saturated rings. The average Bonchev–Trinajstić information content (AvgIpc) is 2.13. The molecule has 94 valence electrons. The van der Waals surface area contributed by atoms with Gasteiger partial charge in [0.1, 0.15) is 0 Å². The van der Waals surface area contributed by atoms with Crippen LogP contribution < -0.4 is 10.6 Å². The van der Waals surface area contributed by atoms with E-state index in [1.54, 1.807) is 13.0 Å². The maximum absolute atomic E-state index is 11.4. The van der Waals surface area contributed by atoms with Crippen LogP contribution in [0, 0.1) is 5.41 Å². The minimum atomic E-state index is -0.355. The fourth-order valence-electron chi connectivity index (χ4n) is 1.51. The molecule has 2 unspecified atom stereocenters. The Morgan fingerprint density at radius 1 is 1.50 bits per heavy atom. The number of aliphatic hydroxyl groups is 1. The van der Waals surface area contributed by atoms with Crippen molar-refractivity contribution >= 4 is 6.03 Å². The van der Waals surface area contributed by atoms with Crippen LogP contribution in [0.1, 0.15) is 34.1 Å². The smallest absolute Gasteiger partial charge is 0.315 e. The largest absolute Gasteiger partial charge is 0.393 e. The molecular weight excluding hydrogens is 204 g/mol. The fraction of sp³-hybridized carbons (Fsp3) is 0.750. The standard InChI is InChI=1S/C12H24N2O2/c1-6-9(2)14-11(16)13-8-12(4,5)7-10(3)15/h6,9-10,15H,1,7-8H2,2-5H3,(H2,13,14,16). The molecule has 0 aliphatic rings. The van der Waals surface area contributed by atoms with Crippen molar-refractivity contribution in [2.75, 3.05) is 6.54 Å². The summed E-state index contributed by atoms with van der Waals surface area (Å²) in [7, 11) is 0. The van der Waals surface area contributed by atoms with Gasteiger partial charge in [-0.05, 0) is 25.7 Å². The van der Waals surface area contributed by atoms with Crippen LogP contribution >= 0.6 is 0 Å². The van der Waals surface area contributed by atoms with Gasteiger partial charge >= 0.3 is 6.03 Å². The highest BCUT2D eigenvalue weighted by atomic mass is 16.3. The molecule has 3 N–H and O–H groups in total. The molecule has 0 aliphatic carbocycles. The summed E-state index contributed by atoms with van der Waals surface area (Å²) < 4.78 is 0. The van der Waals surface area contributed by atoms with Gasteiger partial charge in [0.25, 0.3) is 0 Å². The lowest BCUT2D eigenvalue weighted by Crippen LogP contribution is -2.44. The summed E-state index contributed by atoms with van der Waals surface area (Å²) in [6.45, 7) is 11.7. The maximum Gasteiger partial charge on any atom is 0.315 e. The van der Waals surface area contributed by atoms with E-state index in [4.69, 9.17) is 0 Å². The van der Waals surface area contributed by atoms with Crippen LogP contribution in [0.4, 0.5) is 4.79 Å². The predicted octanol–water partition coefficient (Wildman–Crippen LogP) is 1.66. The molecule has 0 bridgehead atoms. The Hall–Kier alpha value is -1.03. The van der Waals surface area contributed by atoms with Crippen molar-refractivity contribution in [3.63, 3.8) is 0 Å². The van der Waals surface area contributed by atoms with Gasteiger partial charge in [-0.3, -0.25) is 0 Å². The fourth-order valence-corrected chi connectivity index (χ4v) is 1.51. The molecule has 0 aromatic heterocycles. The quantitative estimate of drug-likeness (QED) is 0.605. The summed E-state index contributed by atoms with van der Waals surface area (Å²) in [5.41, 5.74) is -0.108. The lowest BCUT2D eigenvalue weighted by Gasteiger charge is -2.26. The van der Waals surface area contributed by atoms with Crippen LogP contribution in [0.5, 0.6) is 0 Å². The van der Waals surface area contributed by atoms with E-state index in [2.05, 4.69) is 17.2 Å². The van der Waals surface area contributed by atoms with Crippen LogP contribution in [0.15, 0.2) is 12.7 Å². The van der Waals surface area contributed by atoms with Crippen molar-refractivity contribution in [2.24, 2.45) is 5.41 Å². The SMILES string of the molecule is C=CC(C)NC(=O)NCC(C)(C)CC(C)O. The monoisotopic (exact) mass is 228 g/mol. The maximum atomic E-state index is 11.4.